The standard InChI is InChI=1S/C15H17N5OS2/c1-2-6-20-13(10-3-4-10)18-19-15(20)23-9-12(21)17-14-11(8-16)5-7-22-14/h5,7,10H,2-4,6,9H2,1H3,(H,17,21). The van der Waals surface area contributed by atoms with E-state index >= 15 is 0 Å². The molecule has 1 aliphatic carbocycles. The third-order valence-corrected chi connectivity index (χ3v) is 5.30. The molecule has 0 aromatic carbocycles. The van der Waals surface area contributed by atoms with Crippen molar-refractivity contribution in [2.45, 2.75) is 43.8 Å². The molecule has 0 spiro atoms. The van der Waals surface area contributed by atoms with Gasteiger partial charge in [-0.25, -0.2) is 0 Å². The van der Waals surface area contributed by atoms with Crippen molar-refractivity contribution < 1.29 is 4.79 Å². The summed E-state index contributed by atoms with van der Waals surface area (Å²) in [6.07, 6.45) is 3.38. The highest BCUT2D eigenvalue weighted by atomic mass is 32.2. The highest BCUT2D eigenvalue weighted by molar-refractivity contribution is 7.99. The van der Waals surface area contributed by atoms with E-state index in [1.165, 1.54) is 35.9 Å². The lowest BCUT2D eigenvalue weighted by Gasteiger charge is -2.08. The fourth-order valence-electron chi connectivity index (χ4n) is 2.27. The molecule has 23 heavy (non-hydrogen) atoms. The second-order valence-corrected chi connectivity index (χ2v) is 7.24. The number of nitriles is 1. The number of nitrogens with one attached hydrogen (secondary N) is 1. The van der Waals surface area contributed by atoms with Crippen molar-refractivity contribution in [2.24, 2.45) is 0 Å². The molecule has 1 saturated carbocycles. The van der Waals surface area contributed by atoms with Gasteiger partial charge in [0.2, 0.25) is 5.91 Å². The quantitative estimate of drug-likeness (QED) is 0.777. The maximum atomic E-state index is 12.1. The number of nitrogens with zero attached hydrogens (tertiary/aromatic N) is 4. The molecular formula is C15H17N5OS2. The van der Waals surface area contributed by atoms with Crippen LogP contribution in [0.1, 0.15) is 43.5 Å². The molecule has 1 N–H and O–H groups in total. The minimum absolute atomic E-state index is 0.132. The van der Waals surface area contributed by atoms with Crippen LogP contribution in [0.5, 0.6) is 0 Å². The van der Waals surface area contributed by atoms with Crippen molar-refractivity contribution >= 4 is 34.0 Å². The fraction of sp³-hybridized carbons (Fsp3) is 0.467. The maximum Gasteiger partial charge on any atom is 0.235 e. The summed E-state index contributed by atoms with van der Waals surface area (Å²) in [6, 6.07) is 3.77. The van der Waals surface area contributed by atoms with E-state index in [2.05, 4.69) is 33.1 Å². The third-order valence-electron chi connectivity index (χ3n) is 3.51. The summed E-state index contributed by atoms with van der Waals surface area (Å²) in [5.41, 5.74) is 0.499. The monoisotopic (exact) mass is 347 g/mol. The van der Waals surface area contributed by atoms with Gasteiger partial charge < -0.3 is 9.88 Å². The minimum Gasteiger partial charge on any atom is -0.316 e. The van der Waals surface area contributed by atoms with Crippen LogP contribution in [-0.2, 0) is 11.3 Å². The predicted octanol–water partition coefficient (Wildman–Crippen LogP) is 3.23. The van der Waals surface area contributed by atoms with Crippen LogP contribution in [0, 0.1) is 11.3 Å². The SMILES string of the molecule is CCCn1c(SCC(=O)Nc2sccc2C#N)nnc1C1CC1. The number of carbonyl (C=O) groups excluding carboxylic acids is 1. The van der Waals surface area contributed by atoms with Gasteiger partial charge >= 0.3 is 0 Å². The van der Waals surface area contributed by atoms with Crippen molar-refractivity contribution in [1.29, 1.82) is 5.26 Å². The average molecular weight is 347 g/mol. The van der Waals surface area contributed by atoms with E-state index in [1.54, 1.807) is 11.4 Å². The lowest BCUT2D eigenvalue weighted by molar-refractivity contribution is -0.113. The molecule has 6 nitrogen and oxygen atoms in total. The van der Waals surface area contributed by atoms with Crippen LogP contribution in [0.15, 0.2) is 16.6 Å². The molecule has 2 aromatic rings. The first-order chi connectivity index (χ1) is 11.2. The molecule has 8 heteroatoms. The van der Waals surface area contributed by atoms with E-state index in [0.717, 1.165) is 23.9 Å². The number of aromatic nitrogens is 3. The minimum atomic E-state index is -0.132. The Labute approximate surface area is 142 Å². The van der Waals surface area contributed by atoms with Gasteiger partial charge in [0.05, 0.1) is 11.3 Å². The van der Waals surface area contributed by atoms with Gasteiger partial charge in [-0.15, -0.1) is 21.5 Å². The zero-order valence-electron chi connectivity index (χ0n) is 12.8. The van der Waals surface area contributed by atoms with Gasteiger partial charge in [0.1, 0.15) is 16.9 Å². The Morgan fingerprint density at radius 3 is 3.09 bits per heavy atom. The zero-order chi connectivity index (χ0) is 16.2. The highest BCUT2D eigenvalue weighted by Crippen LogP contribution is 2.40. The topological polar surface area (TPSA) is 83.6 Å². The van der Waals surface area contributed by atoms with Crippen molar-refractivity contribution in [3.05, 3.63) is 22.8 Å². The molecule has 0 bridgehead atoms. The van der Waals surface area contributed by atoms with Gasteiger partial charge in [0.25, 0.3) is 0 Å². The van der Waals surface area contributed by atoms with Gasteiger partial charge in [-0.2, -0.15) is 5.26 Å². The maximum absolute atomic E-state index is 12.1. The summed E-state index contributed by atoms with van der Waals surface area (Å²) in [5, 5.41) is 23.5. The molecule has 3 rings (SSSR count). The Bertz CT molecular complexity index is 741. The number of amides is 1. The summed E-state index contributed by atoms with van der Waals surface area (Å²) in [6.45, 7) is 3.00. The smallest absolute Gasteiger partial charge is 0.235 e. The molecule has 1 fully saturated rings. The first-order valence-corrected chi connectivity index (χ1v) is 9.42. The number of carbonyl (C=O) groups is 1. The van der Waals surface area contributed by atoms with Crippen LogP contribution < -0.4 is 5.32 Å². The molecule has 2 aromatic heterocycles. The van der Waals surface area contributed by atoms with Crippen LogP contribution in [-0.4, -0.2) is 26.4 Å². The van der Waals surface area contributed by atoms with Crippen LogP contribution in [0.3, 0.4) is 0 Å². The molecule has 1 aliphatic rings. The Morgan fingerprint density at radius 2 is 2.39 bits per heavy atom. The van der Waals surface area contributed by atoms with E-state index in [9.17, 15) is 4.79 Å². The number of thioether (sulfide) groups is 1. The predicted molar refractivity (Wildman–Crippen MR) is 90.7 cm³/mol. The van der Waals surface area contributed by atoms with E-state index in [0.29, 0.717) is 16.5 Å². The molecule has 0 aliphatic heterocycles. The number of hydrogen-bond donors (Lipinski definition) is 1. The summed E-state index contributed by atoms with van der Waals surface area (Å²) >= 11 is 2.75. The second kappa shape index (κ2) is 7.15. The summed E-state index contributed by atoms with van der Waals surface area (Å²) in [4.78, 5) is 12.1. The van der Waals surface area contributed by atoms with Crippen molar-refractivity contribution in [3.63, 3.8) is 0 Å². The third kappa shape index (κ3) is 3.74. The number of thiophene rings is 1. The highest BCUT2D eigenvalue weighted by Gasteiger charge is 2.30. The molecule has 0 unspecified atom stereocenters. The van der Waals surface area contributed by atoms with Gasteiger partial charge in [-0.1, -0.05) is 18.7 Å². The van der Waals surface area contributed by atoms with Crippen LogP contribution >= 0.6 is 23.1 Å². The van der Waals surface area contributed by atoms with E-state index < -0.39 is 0 Å². The van der Waals surface area contributed by atoms with Crippen molar-refractivity contribution in [2.75, 3.05) is 11.1 Å². The van der Waals surface area contributed by atoms with Gasteiger partial charge in [0.15, 0.2) is 5.16 Å². The van der Waals surface area contributed by atoms with E-state index in [4.69, 9.17) is 5.26 Å². The van der Waals surface area contributed by atoms with Crippen LogP contribution in [0.25, 0.3) is 0 Å². The molecule has 2 heterocycles. The summed E-state index contributed by atoms with van der Waals surface area (Å²) < 4.78 is 2.14. The van der Waals surface area contributed by atoms with Gasteiger partial charge in [-0.05, 0) is 30.7 Å². The van der Waals surface area contributed by atoms with Crippen LogP contribution in [0.4, 0.5) is 5.00 Å². The number of rotatable bonds is 7. The lowest BCUT2D eigenvalue weighted by atomic mass is 10.3. The van der Waals surface area contributed by atoms with Gasteiger partial charge in [-0.3, -0.25) is 4.79 Å². The summed E-state index contributed by atoms with van der Waals surface area (Å²) in [5.74, 6) is 1.73. The Morgan fingerprint density at radius 1 is 1.57 bits per heavy atom. The largest absolute Gasteiger partial charge is 0.316 e. The van der Waals surface area contributed by atoms with Gasteiger partial charge in [0, 0.05) is 12.5 Å². The summed E-state index contributed by atoms with van der Waals surface area (Å²) in [7, 11) is 0. The fourth-order valence-corrected chi connectivity index (χ4v) is 3.80. The Kier molecular flexibility index (Phi) is 4.98. The van der Waals surface area contributed by atoms with Crippen molar-refractivity contribution in [3.8, 4) is 6.07 Å². The van der Waals surface area contributed by atoms with Crippen LogP contribution in [0.2, 0.25) is 0 Å². The molecule has 0 radical (unpaired) electrons. The Hall–Kier alpha value is -1.85. The Balaban J connectivity index is 1.62. The zero-order valence-corrected chi connectivity index (χ0v) is 14.4. The lowest BCUT2D eigenvalue weighted by Crippen LogP contribution is -2.14. The molecular weight excluding hydrogens is 330 g/mol. The van der Waals surface area contributed by atoms with E-state index in [-0.39, 0.29) is 11.7 Å². The first-order valence-electron chi connectivity index (χ1n) is 7.56. The molecule has 0 saturated heterocycles. The molecule has 1 amide bonds. The van der Waals surface area contributed by atoms with E-state index in [1.807, 2.05) is 0 Å². The molecule has 0 atom stereocenters. The average Bonchev–Trinajstić information content (AvgIpc) is 3.16. The number of anilines is 1. The second-order valence-electron chi connectivity index (χ2n) is 5.38. The molecule has 120 valence electrons. The van der Waals surface area contributed by atoms with Crippen molar-refractivity contribution in [1.82, 2.24) is 14.8 Å². The first kappa shape index (κ1) is 16.0. The number of hydrogen-bond acceptors (Lipinski definition) is 6. The normalized spacial score (nSPS) is 13.7.